The van der Waals surface area contributed by atoms with Crippen LogP contribution in [0.2, 0.25) is 0 Å². The van der Waals surface area contributed by atoms with E-state index in [4.69, 9.17) is 4.74 Å². The van der Waals surface area contributed by atoms with Gasteiger partial charge >= 0.3 is 0 Å². The van der Waals surface area contributed by atoms with Crippen molar-refractivity contribution in [3.05, 3.63) is 54.1 Å². The van der Waals surface area contributed by atoms with Crippen LogP contribution in [0.1, 0.15) is 44.0 Å². The Morgan fingerprint density at radius 2 is 1.91 bits per heavy atom. The van der Waals surface area contributed by atoms with Crippen molar-refractivity contribution in [2.24, 2.45) is 5.92 Å². The molecule has 1 atom stereocenters. The van der Waals surface area contributed by atoms with Crippen molar-refractivity contribution in [3.63, 3.8) is 0 Å². The minimum absolute atomic E-state index is 0.0672. The van der Waals surface area contributed by atoms with E-state index in [0.29, 0.717) is 29.5 Å². The van der Waals surface area contributed by atoms with Crippen molar-refractivity contribution in [1.29, 1.82) is 0 Å². The van der Waals surface area contributed by atoms with Gasteiger partial charge in [0.1, 0.15) is 5.75 Å². The lowest BCUT2D eigenvalue weighted by atomic mass is 9.93. The topological polar surface area (TPSA) is 78.9 Å². The fourth-order valence-corrected chi connectivity index (χ4v) is 5.38. The number of hydrogen-bond donors (Lipinski definition) is 1. The molecule has 1 fully saturated rings. The molecular formula is C25H35N3O4S. The Morgan fingerprint density at radius 1 is 1.21 bits per heavy atom. The van der Waals surface area contributed by atoms with E-state index in [1.54, 1.807) is 43.5 Å². The van der Waals surface area contributed by atoms with E-state index in [9.17, 15) is 13.2 Å². The van der Waals surface area contributed by atoms with Crippen LogP contribution in [0.3, 0.4) is 0 Å². The number of benzene rings is 2. The van der Waals surface area contributed by atoms with Crippen LogP contribution >= 0.6 is 0 Å². The molecule has 3 rings (SSSR count). The predicted octanol–water partition coefficient (Wildman–Crippen LogP) is 3.76. The van der Waals surface area contributed by atoms with Gasteiger partial charge in [-0.15, -0.1) is 0 Å². The third-order valence-electron chi connectivity index (χ3n) is 6.39. The second-order valence-electron chi connectivity index (χ2n) is 9.39. The van der Waals surface area contributed by atoms with Gasteiger partial charge in [0.15, 0.2) is 0 Å². The van der Waals surface area contributed by atoms with E-state index in [-0.39, 0.29) is 16.3 Å². The van der Waals surface area contributed by atoms with E-state index in [1.807, 2.05) is 0 Å². The highest BCUT2D eigenvalue weighted by Gasteiger charge is 2.30. The molecule has 2 aromatic rings. The fourth-order valence-electron chi connectivity index (χ4n) is 4.14. The summed E-state index contributed by atoms with van der Waals surface area (Å²) in [6, 6.07) is 12.9. The summed E-state index contributed by atoms with van der Waals surface area (Å²) in [5.41, 5.74) is 0.646. The molecule has 2 aromatic carbocycles. The van der Waals surface area contributed by atoms with Crippen molar-refractivity contribution in [2.45, 2.75) is 44.0 Å². The average molecular weight is 474 g/mol. The number of amides is 1. The number of nitrogens with one attached hydrogen (secondary N) is 1. The van der Waals surface area contributed by atoms with Gasteiger partial charge in [-0.3, -0.25) is 14.0 Å². The molecule has 0 bridgehead atoms. The normalized spacial score (nSPS) is 17.4. The fraction of sp³-hybridized carbons (Fsp3) is 0.480. The van der Waals surface area contributed by atoms with Crippen LogP contribution in [0.4, 0.5) is 5.69 Å². The zero-order valence-corrected chi connectivity index (χ0v) is 21.0. The molecule has 0 saturated carbocycles. The molecule has 0 radical (unpaired) electrons. The van der Waals surface area contributed by atoms with E-state index < -0.39 is 10.0 Å². The Morgan fingerprint density at radius 3 is 2.55 bits per heavy atom. The molecule has 0 spiro atoms. The van der Waals surface area contributed by atoms with E-state index >= 15 is 0 Å². The number of hydrogen-bond acceptors (Lipinski definition) is 5. The highest BCUT2D eigenvalue weighted by Crippen LogP contribution is 2.26. The number of rotatable bonds is 8. The molecule has 33 heavy (non-hydrogen) atoms. The lowest BCUT2D eigenvalue weighted by Crippen LogP contribution is -2.54. The quantitative estimate of drug-likeness (QED) is 0.632. The summed E-state index contributed by atoms with van der Waals surface area (Å²) in [4.78, 5) is 15.4. The van der Waals surface area contributed by atoms with Gasteiger partial charge in [0, 0.05) is 31.2 Å². The summed E-state index contributed by atoms with van der Waals surface area (Å²) in [7, 11) is -0.782. The van der Waals surface area contributed by atoms with Crippen LogP contribution in [0.25, 0.3) is 0 Å². The number of methoxy groups -OCH3 is 1. The second kappa shape index (κ2) is 10.1. The first kappa shape index (κ1) is 25.1. The maximum absolute atomic E-state index is 13.2. The van der Waals surface area contributed by atoms with E-state index in [2.05, 4.69) is 31.0 Å². The predicted molar refractivity (Wildman–Crippen MR) is 131 cm³/mol. The lowest BCUT2D eigenvalue weighted by molar-refractivity contribution is 0.0657. The van der Waals surface area contributed by atoms with E-state index in [0.717, 1.165) is 13.1 Å². The van der Waals surface area contributed by atoms with Crippen LogP contribution in [0.15, 0.2) is 53.4 Å². The SMILES string of the molecule is COc1ccc(N(C)S(=O)(=O)c2cccc(C(=O)NCC(C)(C)N3CCCC(C)C3)c2)cc1. The molecule has 1 unspecified atom stereocenters. The Bertz CT molecular complexity index is 1070. The Labute approximate surface area is 197 Å². The van der Waals surface area contributed by atoms with Crippen LogP contribution in [-0.2, 0) is 10.0 Å². The third kappa shape index (κ3) is 5.86. The lowest BCUT2D eigenvalue weighted by Gasteiger charge is -2.43. The zero-order valence-electron chi connectivity index (χ0n) is 20.2. The van der Waals surface area contributed by atoms with Crippen molar-refractivity contribution >= 4 is 21.6 Å². The second-order valence-corrected chi connectivity index (χ2v) is 11.4. The van der Waals surface area contributed by atoms with Gasteiger partial charge in [0.05, 0.1) is 17.7 Å². The van der Waals surface area contributed by atoms with Crippen LogP contribution in [0.5, 0.6) is 5.75 Å². The molecule has 1 aliphatic rings. The molecule has 0 aromatic heterocycles. The molecule has 1 aliphatic heterocycles. The third-order valence-corrected chi connectivity index (χ3v) is 8.17. The maximum atomic E-state index is 13.2. The monoisotopic (exact) mass is 473 g/mol. The first-order valence-corrected chi connectivity index (χ1v) is 12.7. The van der Waals surface area contributed by atoms with Crippen molar-refractivity contribution in [3.8, 4) is 5.75 Å². The summed E-state index contributed by atoms with van der Waals surface area (Å²) in [5, 5.41) is 3.00. The minimum atomic E-state index is -3.83. The minimum Gasteiger partial charge on any atom is -0.497 e. The first-order chi connectivity index (χ1) is 15.5. The zero-order chi connectivity index (χ0) is 24.2. The number of carbonyl (C=O) groups is 1. The van der Waals surface area contributed by atoms with Crippen LogP contribution in [-0.4, -0.2) is 58.6 Å². The summed E-state index contributed by atoms with van der Waals surface area (Å²) in [5.74, 6) is 1.01. The molecule has 1 saturated heterocycles. The summed E-state index contributed by atoms with van der Waals surface area (Å²) < 4.78 is 32.7. The largest absolute Gasteiger partial charge is 0.497 e. The van der Waals surface area contributed by atoms with Crippen LogP contribution < -0.4 is 14.4 Å². The maximum Gasteiger partial charge on any atom is 0.264 e. The van der Waals surface area contributed by atoms with Gasteiger partial charge in [-0.2, -0.15) is 0 Å². The van der Waals surface area contributed by atoms with Crippen molar-refractivity contribution < 1.29 is 17.9 Å². The standard InChI is InChI=1S/C25H35N3O4S/c1-19-8-7-15-28(17-19)25(2,3)18-26-24(29)20-9-6-10-23(16-20)33(30,31)27(4)21-11-13-22(32-5)14-12-21/h6,9-14,16,19H,7-8,15,17-18H2,1-5H3,(H,26,29). The van der Waals surface area contributed by atoms with Crippen molar-refractivity contribution in [1.82, 2.24) is 10.2 Å². The molecule has 7 nitrogen and oxygen atoms in total. The summed E-state index contributed by atoms with van der Waals surface area (Å²) in [6.45, 7) is 9.07. The van der Waals surface area contributed by atoms with Gasteiger partial charge in [-0.25, -0.2) is 8.42 Å². The molecule has 1 amide bonds. The molecule has 1 heterocycles. The molecule has 8 heteroatoms. The molecule has 180 valence electrons. The summed E-state index contributed by atoms with van der Waals surface area (Å²) in [6.07, 6.45) is 2.41. The van der Waals surface area contributed by atoms with E-state index in [1.165, 1.54) is 36.3 Å². The Kier molecular flexibility index (Phi) is 7.69. The summed E-state index contributed by atoms with van der Waals surface area (Å²) >= 11 is 0. The highest BCUT2D eigenvalue weighted by atomic mass is 32.2. The number of likely N-dealkylation sites (tertiary alicyclic amines) is 1. The average Bonchev–Trinajstić information content (AvgIpc) is 2.82. The number of piperidine rings is 1. The number of ether oxygens (including phenoxy) is 1. The number of sulfonamides is 1. The molecular weight excluding hydrogens is 438 g/mol. The number of nitrogens with zero attached hydrogens (tertiary/aromatic N) is 2. The molecule has 0 aliphatic carbocycles. The highest BCUT2D eigenvalue weighted by molar-refractivity contribution is 7.92. The first-order valence-electron chi connectivity index (χ1n) is 11.3. The van der Waals surface area contributed by atoms with Gasteiger partial charge in [-0.05, 0) is 81.6 Å². The smallest absolute Gasteiger partial charge is 0.264 e. The number of carbonyl (C=O) groups excluding carboxylic acids is 1. The van der Waals surface area contributed by atoms with Gasteiger partial charge < -0.3 is 10.1 Å². The van der Waals surface area contributed by atoms with Gasteiger partial charge in [0.25, 0.3) is 15.9 Å². The van der Waals surface area contributed by atoms with Crippen LogP contribution in [0, 0.1) is 5.92 Å². The molecule has 1 N–H and O–H groups in total. The van der Waals surface area contributed by atoms with Gasteiger partial charge in [0.2, 0.25) is 0 Å². The Balaban J connectivity index is 1.71. The Hall–Kier alpha value is -2.58. The van der Waals surface area contributed by atoms with Gasteiger partial charge in [-0.1, -0.05) is 13.0 Å². The van der Waals surface area contributed by atoms with Crippen molar-refractivity contribution in [2.75, 3.05) is 38.1 Å². The number of anilines is 1.